The van der Waals surface area contributed by atoms with Crippen molar-refractivity contribution in [1.29, 1.82) is 0 Å². The van der Waals surface area contributed by atoms with E-state index in [0.717, 1.165) is 36.1 Å². The molecular weight excluding hydrogens is 332 g/mol. The number of hydrogen-bond acceptors (Lipinski definition) is 6. The van der Waals surface area contributed by atoms with Crippen LogP contribution in [-0.4, -0.2) is 48.8 Å². The number of carbonyl (C=O) groups excluding carboxylic acids is 1. The summed E-state index contributed by atoms with van der Waals surface area (Å²) in [5.41, 5.74) is 1.62. The predicted molar refractivity (Wildman–Crippen MR) is 102 cm³/mol. The van der Waals surface area contributed by atoms with Crippen LogP contribution in [0.4, 0.5) is 27.8 Å². The Balaban J connectivity index is 1.68. The van der Waals surface area contributed by atoms with Crippen molar-refractivity contribution >= 4 is 29.0 Å². The minimum atomic E-state index is -0.213. The van der Waals surface area contributed by atoms with Crippen LogP contribution in [0.3, 0.4) is 0 Å². The Morgan fingerprint density at radius 2 is 1.85 bits per heavy atom. The van der Waals surface area contributed by atoms with Gasteiger partial charge in [0.15, 0.2) is 0 Å². The molecule has 2 heterocycles. The van der Waals surface area contributed by atoms with Crippen LogP contribution in [0, 0.1) is 6.92 Å². The lowest BCUT2D eigenvalue weighted by Gasteiger charge is -2.28. The zero-order valence-corrected chi connectivity index (χ0v) is 15.1. The zero-order chi connectivity index (χ0) is 18.4. The van der Waals surface area contributed by atoms with Gasteiger partial charge in [0, 0.05) is 37.1 Å². The number of morpholine rings is 1. The number of aromatic nitrogens is 2. The Morgan fingerprint density at radius 1 is 1.15 bits per heavy atom. The summed E-state index contributed by atoms with van der Waals surface area (Å²) in [6, 6.07) is 9.21. The van der Waals surface area contributed by atoms with Crippen LogP contribution >= 0.6 is 0 Å². The van der Waals surface area contributed by atoms with Crippen LogP contribution in [-0.2, 0) is 4.74 Å². The molecule has 2 aromatic rings. The maximum Gasteiger partial charge on any atom is 0.319 e. The largest absolute Gasteiger partial charge is 0.378 e. The molecule has 0 bridgehead atoms. The van der Waals surface area contributed by atoms with Gasteiger partial charge >= 0.3 is 6.03 Å². The fourth-order valence-electron chi connectivity index (χ4n) is 2.69. The smallest absolute Gasteiger partial charge is 0.319 e. The molecule has 8 heteroatoms. The third-order valence-electron chi connectivity index (χ3n) is 3.91. The highest BCUT2D eigenvalue weighted by atomic mass is 16.5. The van der Waals surface area contributed by atoms with Gasteiger partial charge in [-0.15, -0.1) is 0 Å². The number of ether oxygens (including phenoxy) is 1. The molecule has 1 aliphatic rings. The highest BCUT2D eigenvalue weighted by Gasteiger charge is 2.14. The zero-order valence-electron chi connectivity index (χ0n) is 15.1. The van der Waals surface area contributed by atoms with Crippen molar-refractivity contribution < 1.29 is 9.53 Å². The average Bonchev–Trinajstić information content (AvgIpc) is 2.64. The van der Waals surface area contributed by atoms with Gasteiger partial charge in [-0.2, -0.15) is 0 Å². The topological polar surface area (TPSA) is 91.4 Å². The number of hydrogen-bond donors (Lipinski definition) is 3. The molecule has 0 radical (unpaired) electrons. The van der Waals surface area contributed by atoms with Crippen molar-refractivity contribution in [3.8, 4) is 0 Å². The van der Waals surface area contributed by atoms with E-state index in [1.54, 1.807) is 0 Å². The van der Waals surface area contributed by atoms with Gasteiger partial charge < -0.3 is 25.6 Å². The lowest BCUT2D eigenvalue weighted by Crippen LogP contribution is -2.36. The van der Waals surface area contributed by atoms with E-state index in [1.165, 1.54) is 0 Å². The van der Waals surface area contributed by atoms with E-state index in [2.05, 4.69) is 30.8 Å². The first kappa shape index (κ1) is 17.9. The molecule has 1 saturated heterocycles. The summed E-state index contributed by atoms with van der Waals surface area (Å²) in [4.78, 5) is 22.7. The van der Waals surface area contributed by atoms with Crippen LogP contribution in [0.15, 0.2) is 30.3 Å². The number of benzene rings is 1. The Labute approximate surface area is 153 Å². The molecule has 0 spiro atoms. The normalized spacial score (nSPS) is 14.0. The Bertz CT molecular complexity index is 744. The van der Waals surface area contributed by atoms with E-state index in [9.17, 15) is 4.79 Å². The molecule has 0 aliphatic carbocycles. The number of amides is 2. The molecule has 26 heavy (non-hydrogen) atoms. The van der Waals surface area contributed by atoms with Crippen LogP contribution in [0.1, 0.15) is 12.7 Å². The van der Waals surface area contributed by atoms with Crippen LogP contribution < -0.4 is 20.9 Å². The molecule has 1 fully saturated rings. The van der Waals surface area contributed by atoms with Crippen molar-refractivity contribution in [2.45, 2.75) is 13.8 Å². The molecule has 8 nitrogen and oxygen atoms in total. The summed E-state index contributed by atoms with van der Waals surface area (Å²) >= 11 is 0. The molecule has 3 rings (SSSR count). The van der Waals surface area contributed by atoms with Crippen molar-refractivity contribution in [1.82, 2.24) is 15.3 Å². The number of aryl methyl sites for hydroxylation is 1. The number of rotatable bonds is 5. The minimum absolute atomic E-state index is 0.213. The maximum absolute atomic E-state index is 11.5. The second kappa shape index (κ2) is 8.48. The van der Waals surface area contributed by atoms with Crippen molar-refractivity contribution in [3.63, 3.8) is 0 Å². The van der Waals surface area contributed by atoms with Crippen LogP contribution in [0.2, 0.25) is 0 Å². The molecular formula is C18H24N6O2. The summed E-state index contributed by atoms with van der Waals surface area (Å²) in [5.74, 6) is 2.35. The Kier molecular flexibility index (Phi) is 5.85. The number of nitrogens with zero attached hydrogens (tertiary/aromatic N) is 3. The fourth-order valence-corrected chi connectivity index (χ4v) is 2.69. The van der Waals surface area contributed by atoms with E-state index in [0.29, 0.717) is 25.6 Å². The van der Waals surface area contributed by atoms with Gasteiger partial charge in [-0.1, -0.05) is 0 Å². The third kappa shape index (κ3) is 4.82. The molecule has 0 saturated carbocycles. The standard InChI is InChI=1S/C18H24N6O2/c1-3-19-18(25)23-15-6-4-14(5-7-15)22-16-12-17(21-13(2)20-16)24-8-10-26-11-9-24/h4-7,12H,3,8-11H2,1-2H3,(H2,19,23,25)(H,20,21,22). The SMILES string of the molecule is CCNC(=O)Nc1ccc(Nc2cc(N3CCOCC3)nc(C)n2)cc1. The lowest BCUT2D eigenvalue weighted by atomic mass is 10.2. The Hall–Kier alpha value is -2.87. The first-order valence-electron chi connectivity index (χ1n) is 8.74. The molecule has 0 unspecified atom stereocenters. The first-order valence-corrected chi connectivity index (χ1v) is 8.74. The molecule has 138 valence electrons. The van der Waals surface area contributed by atoms with Crippen LogP contribution in [0.25, 0.3) is 0 Å². The lowest BCUT2D eigenvalue weighted by molar-refractivity contribution is 0.122. The van der Waals surface area contributed by atoms with Gasteiger partial charge in [0.25, 0.3) is 0 Å². The summed E-state index contributed by atoms with van der Waals surface area (Å²) in [6.07, 6.45) is 0. The predicted octanol–water partition coefficient (Wildman–Crippen LogP) is 2.51. The van der Waals surface area contributed by atoms with Gasteiger partial charge in [0.1, 0.15) is 17.5 Å². The highest BCUT2D eigenvalue weighted by Crippen LogP contribution is 2.21. The molecule has 3 N–H and O–H groups in total. The van der Waals surface area contributed by atoms with Gasteiger partial charge in [0.2, 0.25) is 0 Å². The maximum atomic E-state index is 11.5. The van der Waals surface area contributed by atoms with E-state index < -0.39 is 0 Å². The third-order valence-corrected chi connectivity index (χ3v) is 3.91. The van der Waals surface area contributed by atoms with Crippen LogP contribution in [0.5, 0.6) is 0 Å². The highest BCUT2D eigenvalue weighted by molar-refractivity contribution is 5.89. The monoisotopic (exact) mass is 356 g/mol. The molecule has 1 aromatic heterocycles. The van der Waals surface area contributed by atoms with E-state index in [4.69, 9.17) is 4.74 Å². The summed E-state index contributed by atoms with van der Waals surface area (Å²) in [6.45, 7) is 7.43. The second-order valence-corrected chi connectivity index (χ2v) is 5.94. The summed E-state index contributed by atoms with van der Waals surface area (Å²) in [5, 5.41) is 8.76. The van der Waals surface area contributed by atoms with Gasteiger partial charge in [-0.3, -0.25) is 0 Å². The summed E-state index contributed by atoms with van der Waals surface area (Å²) in [7, 11) is 0. The second-order valence-electron chi connectivity index (χ2n) is 5.94. The number of carbonyl (C=O) groups is 1. The van der Waals surface area contributed by atoms with Gasteiger partial charge in [-0.05, 0) is 38.1 Å². The molecule has 2 amide bonds. The number of urea groups is 1. The Morgan fingerprint density at radius 3 is 2.54 bits per heavy atom. The van der Waals surface area contributed by atoms with E-state index >= 15 is 0 Å². The summed E-state index contributed by atoms with van der Waals surface area (Å²) < 4.78 is 5.40. The van der Waals surface area contributed by atoms with Crippen molar-refractivity contribution in [2.24, 2.45) is 0 Å². The molecule has 1 aromatic carbocycles. The average molecular weight is 356 g/mol. The molecule has 1 aliphatic heterocycles. The van der Waals surface area contributed by atoms with E-state index in [-0.39, 0.29) is 6.03 Å². The van der Waals surface area contributed by atoms with E-state index in [1.807, 2.05) is 44.2 Å². The van der Waals surface area contributed by atoms with Gasteiger partial charge in [0.05, 0.1) is 13.2 Å². The number of anilines is 4. The quantitative estimate of drug-likeness (QED) is 0.762. The molecule has 0 atom stereocenters. The fraction of sp³-hybridized carbons (Fsp3) is 0.389. The van der Waals surface area contributed by atoms with Crippen molar-refractivity contribution in [2.75, 3.05) is 48.4 Å². The minimum Gasteiger partial charge on any atom is -0.378 e. The van der Waals surface area contributed by atoms with Crippen molar-refractivity contribution in [3.05, 3.63) is 36.2 Å². The first-order chi connectivity index (χ1) is 12.6. The van der Waals surface area contributed by atoms with Gasteiger partial charge in [-0.25, -0.2) is 14.8 Å². The number of nitrogens with one attached hydrogen (secondary N) is 3.